The molecule has 0 radical (unpaired) electrons. The van der Waals surface area contributed by atoms with Gasteiger partial charge in [0, 0.05) is 26.2 Å². The highest BCUT2D eigenvalue weighted by atomic mass is 15.1. The Balaban J connectivity index is 1.68. The van der Waals surface area contributed by atoms with Gasteiger partial charge in [-0.15, -0.1) is 0 Å². The van der Waals surface area contributed by atoms with Crippen LogP contribution in [-0.4, -0.2) is 24.1 Å². The minimum Gasteiger partial charge on any atom is -0.378 e. The van der Waals surface area contributed by atoms with Gasteiger partial charge in [-0.05, 0) is 29.7 Å². The fourth-order valence-electron chi connectivity index (χ4n) is 2.48. The molecule has 0 atom stereocenters. The van der Waals surface area contributed by atoms with Gasteiger partial charge in [-0.1, -0.05) is 42.5 Å². The van der Waals surface area contributed by atoms with Crippen molar-refractivity contribution in [3.63, 3.8) is 0 Å². The van der Waals surface area contributed by atoms with Crippen molar-refractivity contribution >= 4 is 5.69 Å². The molecule has 3 heteroatoms. The number of benzene rings is 2. The maximum absolute atomic E-state index is 4.50. The van der Waals surface area contributed by atoms with Crippen LogP contribution in [0.15, 0.2) is 60.8 Å². The largest absolute Gasteiger partial charge is 0.378 e. The molecule has 22 heavy (non-hydrogen) atoms. The summed E-state index contributed by atoms with van der Waals surface area (Å²) in [6.45, 7) is 0. The second-order valence-corrected chi connectivity index (χ2v) is 5.67. The number of aromatic nitrogens is 2. The minimum absolute atomic E-state index is 0.930. The first-order valence-electron chi connectivity index (χ1n) is 7.58. The van der Waals surface area contributed by atoms with Gasteiger partial charge in [0.2, 0.25) is 0 Å². The van der Waals surface area contributed by atoms with E-state index in [2.05, 4.69) is 63.4 Å². The molecule has 3 nitrogen and oxygen atoms in total. The zero-order chi connectivity index (χ0) is 15.4. The van der Waals surface area contributed by atoms with E-state index in [1.807, 2.05) is 26.4 Å². The highest BCUT2D eigenvalue weighted by Gasteiger charge is 2.04. The highest BCUT2D eigenvalue weighted by Crippen LogP contribution is 2.21. The third-order valence-corrected chi connectivity index (χ3v) is 3.82. The smallest absolute Gasteiger partial charge is 0.106 e. The highest BCUT2D eigenvalue weighted by molar-refractivity contribution is 5.62. The Kier molecular flexibility index (Phi) is 4.24. The monoisotopic (exact) mass is 291 g/mol. The number of hydrogen-bond acceptors (Lipinski definition) is 2. The van der Waals surface area contributed by atoms with Crippen molar-refractivity contribution in [2.75, 3.05) is 19.0 Å². The van der Waals surface area contributed by atoms with Crippen LogP contribution in [0.25, 0.3) is 11.3 Å². The van der Waals surface area contributed by atoms with Crippen molar-refractivity contribution in [2.45, 2.75) is 12.8 Å². The molecule has 3 rings (SSSR count). The fraction of sp³-hybridized carbons (Fsp3) is 0.211. The number of anilines is 1. The number of imidazole rings is 1. The quantitative estimate of drug-likeness (QED) is 0.772. The fourth-order valence-corrected chi connectivity index (χ4v) is 2.48. The Morgan fingerprint density at radius 2 is 1.64 bits per heavy atom. The van der Waals surface area contributed by atoms with Gasteiger partial charge in [-0.25, -0.2) is 4.98 Å². The maximum atomic E-state index is 4.50. The number of aromatic amines is 1. The molecular weight excluding hydrogens is 270 g/mol. The van der Waals surface area contributed by atoms with Crippen molar-refractivity contribution in [1.82, 2.24) is 9.97 Å². The molecule has 1 heterocycles. The Morgan fingerprint density at radius 1 is 0.909 bits per heavy atom. The Bertz CT molecular complexity index is 712. The van der Waals surface area contributed by atoms with Gasteiger partial charge in [0.05, 0.1) is 11.9 Å². The standard InChI is InChI=1S/C19H21N3/c1-22(2)17-11-9-16(10-12-17)18-14-20-19(21-18)13-8-15-6-4-3-5-7-15/h3-7,9-12,14H,8,13H2,1-2H3,(H,20,21). The van der Waals surface area contributed by atoms with Gasteiger partial charge < -0.3 is 9.88 Å². The van der Waals surface area contributed by atoms with Crippen molar-refractivity contribution in [3.8, 4) is 11.3 Å². The molecule has 0 bridgehead atoms. The lowest BCUT2D eigenvalue weighted by Gasteiger charge is -2.12. The molecule has 0 aliphatic carbocycles. The van der Waals surface area contributed by atoms with Crippen molar-refractivity contribution in [1.29, 1.82) is 0 Å². The molecule has 112 valence electrons. The van der Waals surface area contributed by atoms with Crippen LogP contribution >= 0.6 is 0 Å². The van der Waals surface area contributed by atoms with E-state index in [9.17, 15) is 0 Å². The van der Waals surface area contributed by atoms with Crippen LogP contribution in [0.4, 0.5) is 5.69 Å². The molecule has 0 aliphatic heterocycles. The molecule has 0 saturated carbocycles. The lowest BCUT2D eigenvalue weighted by atomic mass is 10.1. The summed E-state index contributed by atoms with van der Waals surface area (Å²) >= 11 is 0. The summed E-state index contributed by atoms with van der Waals surface area (Å²) in [5.74, 6) is 1.04. The third-order valence-electron chi connectivity index (χ3n) is 3.82. The summed E-state index contributed by atoms with van der Waals surface area (Å²) in [5, 5.41) is 0. The average molecular weight is 291 g/mol. The number of aryl methyl sites for hydroxylation is 2. The van der Waals surface area contributed by atoms with E-state index >= 15 is 0 Å². The Hall–Kier alpha value is -2.55. The first kappa shape index (κ1) is 14.4. The molecule has 0 aliphatic rings. The van der Waals surface area contributed by atoms with Gasteiger partial charge in [0.25, 0.3) is 0 Å². The number of rotatable bonds is 5. The molecule has 0 amide bonds. The molecule has 1 aromatic heterocycles. The lowest BCUT2D eigenvalue weighted by Crippen LogP contribution is -2.07. The molecule has 3 aromatic rings. The molecule has 0 saturated heterocycles. The third kappa shape index (κ3) is 3.37. The molecule has 1 N–H and O–H groups in total. The van der Waals surface area contributed by atoms with Crippen LogP contribution in [0.5, 0.6) is 0 Å². The Labute approximate surface area is 131 Å². The summed E-state index contributed by atoms with van der Waals surface area (Å²) in [5.41, 5.74) is 4.79. The summed E-state index contributed by atoms with van der Waals surface area (Å²) in [7, 11) is 4.10. The van der Waals surface area contributed by atoms with Crippen LogP contribution in [0.2, 0.25) is 0 Å². The molecule has 0 unspecified atom stereocenters. The predicted molar refractivity (Wildman–Crippen MR) is 92.2 cm³/mol. The van der Waals surface area contributed by atoms with Gasteiger partial charge in [-0.3, -0.25) is 0 Å². The van der Waals surface area contributed by atoms with E-state index in [0.29, 0.717) is 0 Å². The van der Waals surface area contributed by atoms with Crippen molar-refractivity contribution in [3.05, 3.63) is 72.2 Å². The maximum Gasteiger partial charge on any atom is 0.106 e. The van der Waals surface area contributed by atoms with E-state index in [1.54, 1.807) is 0 Å². The van der Waals surface area contributed by atoms with E-state index in [0.717, 1.165) is 24.4 Å². The predicted octanol–water partition coefficient (Wildman–Crippen LogP) is 3.93. The normalized spacial score (nSPS) is 10.6. The molecular formula is C19H21N3. The second-order valence-electron chi connectivity index (χ2n) is 5.67. The molecule has 0 spiro atoms. The SMILES string of the molecule is CN(C)c1ccc(-c2cnc(CCc3ccccc3)[nH]2)cc1. The van der Waals surface area contributed by atoms with Gasteiger partial charge >= 0.3 is 0 Å². The van der Waals surface area contributed by atoms with Crippen LogP contribution in [0.3, 0.4) is 0 Å². The van der Waals surface area contributed by atoms with Crippen LogP contribution in [-0.2, 0) is 12.8 Å². The minimum atomic E-state index is 0.930. The molecule has 0 fully saturated rings. The first-order chi connectivity index (χ1) is 10.7. The average Bonchev–Trinajstić information content (AvgIpc) is 3.03. The van der Waals surface area contributed by atoms with Crippen molar-refractivity contribution < 1.29 is 0 Å². The van der Waals surface area contributed by atoms with E-state index in [-0.39, 0.29) is 0 Å². The molecule has 2 aromatic carbocycles. The summed E-state index contributed by atoms with van der Waals surface area (Å²) in [4.78, 5) is 10.0. The zero-order valence-corrected chi connectivity index (χ0v) is 13.1. The van der Waals surface area contributed by atoms with Crippen LogP contribution < -0.4 is 4.90 Å². The van der Waals surface area contributed by atoms with Gasteiger partial charge in [0.15, 0.2) is 0 Å². The number of hydrogen-bond donors (Lipinski definition) is 1. The van der Waals surface area contributed by atoms with Crippen LogP contribution in [0, 0.1) is 0 Å². The summed E-state index contributed by atoms with van der Waals surface area (Å²) in [6, 6.07) is 19.0. The van der Waals surface area contributed by atoms with Crippen LogP contribution in [0.1, 0.15) is 11.4 Å². The van der Waals surface area contributed by atoms with E-state index < -0.39 is 0 Å². The number of nitrogens with zero attached hydrogens (tertiary/aromatic N) is 2. The van der Waals surface area contributed by atoms with Gasteiger partial charge in [0.1, 0.15) is 5.82 Å². The zero-order valence-electron chi connectivity index (χ0n) is 13.1. The van der Waals surface area contributed by atoms with E-state index in [1.165, 1.54) is 16.8 Å². The number of nitrogens with one attached hydrogen (secondary N) is 1. The number of H-pyrrole nitrogens is 1. The second kappa shape index (κ2) is 6.48. The van der Waals surface area contributed by atoms with E-state index in [4.69, 9.17) is 0 Å². The van der Waals surface area contributed by atoms with Crippen molar-refractivity contribution in [2.24, 2.45) is 0 Å². The topological polar surface area (TPSA) is 31.9 Å². The summed E-state index contributed by atoms with van der Waals surface area (Å²) in [6.07, 6.45) is 3.86. The summed E-state index contributed by atoms with van der Waals surface area (Å²) < 4.78 is 0. The van der Waals surface area contributed by atoms with Gasteiger partial charge in [-0.2, -0.15) is 0 Å². The Morgan fingerprint density at radius 3 is 2.32 bits per heavy atom. The lowest BCUT2D eigenvalue weighted by molar-refractivity contribution is 0.885. The first-order valence-corrected chi connectivity index (χ1v) is 7.58.